The summed E-state index contributed by atoms with van der Waals surface area (Å²) in [6, 6.07) is 3.31. The molecule has 1 saturated carbocycles. The number of nitrogens with two attached hydrogens (primary N) is 1. The van der Waals surface area contributed by atoms with Crippen LogP contribution in [0.15, 0.2) is 18.2 Å². The third-order valence-corrected chi connectivity index (χ3v) is 3.63. The number of aliphatic hydroxyl groups excluding tert-OH is 1. The maximum atomic E-state index is 12.3. The number of aliphatic hydroxyl groups is 1. The summed E-state index contributed by atoms with van der Waals surface area (Å²) in [6.07, 6.45) is -5.13. The number of alkyl halides is 3. The normalized spacial score (nSPS) is 26.8. The van der Waals surface area contributed by atoms with Crippen molar-refractivity contribution in [1.82, 2.24) is 0 Å². The Morgan fingerprint density at radius 1 is 1.38 bits per heavy atom. The zero-order chi connectivity index (χ0) is 15.8. The molecule has 0 heterocycles. The van der Waals surface area contributed by atoms with Crippen LogP contribution in [-0.4, -0.2) is 23.4 Å². The molecule has 2 unspecified atom stereocenters. The largest absolute Gasteiger partial charge is 0.573 e. The van der Waals surface area contributed by atoms with Gasteiger partial charge in [-0.15, -0.1) is 13.2 Å². The van der Waals surface area contributed by atoms with Crippen LogP contribution < -0.4 is 10.5 Å². The first-order chi connectivity index (χ1) is 9.62. The number of ether oxygens (including phenoxy) is 1. The molecular formula is C13H13ClF3NO3. The van der Waals surface area contributed by atoms with Crippen molar-refractivity contribution in [3.05, 3.63) is 28.8 Å². The van der Waals surface area contributed by atoms with Crippen LogP contribution in [0.4, 0.5) is 13.2 Å². The molecule has 8 heteroatoms. The molecule has 3 N–H and O–H groups in total. The maximum Gasteiger partial charge on any atom is 0.573 e. The second-order valence-electron chi connectivity index (χ2n) is 4.97. The molecule has 0 radical (unpaired) electrons. The lowest BCUT2D eigenvalue weighted by Gasteiger charge is -2.35. The van der Waals surface area contributed by atoms with Crippen LogP contribution >= 0.6 is 11.6 Å². The molecule has 0 aliphatic heterocycles. The number of hydrogen-bond donors (Lipinski definition) is 2. The van der Waals surface area contributed by atoms with Crippen LogP contribution in [0.2, 0.25) is 5.02 Å². The van der Waals surface area contributed by atoms with Crippen molar-refractivity contribution in [2.24, 2.45) is 5.73 Å². The molecule has 0 aromatic heterocycles. The quantitative estimate of drug-likeness (QED) is 0.877. The van der Waals surface area contributed by atoms with Gasteiger partial charge < -0.3 is 15.6 Å². The van der Waals surface area contributed by atoms with E-state index in [2.05, 4.69) is 4.74 Å². The Hall–Kier alpha value is -1.31. The third-order valence-electron chi connectivity index (χ3n) is 3.41. The van der Waals surface area contributed by atoms with Gasteiger partial charge in [0.25, 0.3) is 0 Å². The lowest BCUT2D eigenvalue weighted by Crippen LogP contribution is -2.52. The summed E-state index contributed by atoms with van der Waals surface area (Å²) in [4.78, 5) is 12.1. The van der Waals surface area contributed by atoms with E-state index in [0.717, 1.165) is 12.1 Å². The molecule has 0 bridgehead atoms. The first-order valence-electron chi connectivity index (χ1n) is 6.20. The number of benzene rings is 1. The van der Waals surface area contributed by atoms with E-state index in [1.54, 1.807) is 0 Å². The summed E-state index contributed by atoms with van der Waals surface area (Å²) in [5.41, 5.74) is 4.54. The topological polar surface area (TPSA) is 72.6 Å². The number of ketones is 1. The van der Waals surface area contributed by atoms with Crippen molar-refractivity contribution >= 4 is 17.4 Å². The maximum absolute atomic E-state index is 12.3. The smallest absolute Gasteiger partial charge is 0.406 e. The van der Waals surface area contributed by atoms with Gasteiger partial charge in [-0.05, 0) is 43.0 Å². The fourth-order valence-electron chi connectivity index (χ4n) is 2.43. The van der Waals surface area contributed by atoms with Crippen LogP contribution in [0.1, 0.15) is 24.8 Å². The first kappa shape index (κ1) is 16.1. The number of carbonyl (C=O) groups excluding carboxylic acids is 1. The van der Waals surface area contributed by atoms with E-state index in [4.69, 9.17) is 17.3 Å². The first-order valence-corrected chi connectivity index (χ1v) is 6.58. The number of rotatable bonds is 2. The van der Waals surface area contributed by atoms with Gasteiger partial charge in [0.05, 0.1) is 0 Å². The molecule has 2 rings (SSSR count). The zero-order valence-corrected chi connectivity index (χ0v) is 11.5. The summed E-state index contributed by atoms with van der Waals surface area (Å²) >= 11 is 5.77. The van der Waals surface area contributed by atoms with Crippen LogP contribution in [0.25, 0.3) is 0 Å². The Kier molecular flexibility index (Phi) is 4.19. The van der Waals surface area contributed by atoms with Crippen molar-refractivity contribution in [2.75, 3.05) is 0 Å². The molecule has 1 aromatic rings. The average Bonchev–Trinajstić information content (AvgIpc) is 2.33. The van der Waals surface area contributed by atoms with E-state index >= 15 is 0 Å². The van der Waals surface area contributed by atoms with Gasteiger partial charge in [0.2, 0.25) is 0 Å². The van der Waals surface area contributed by atoms with Crippen molar-refractivity contribution in [1.29, 1.82) is 0 Å². The van der Waals surface area contributed by atoms with E-state index in [1.165, 1.54) is 6.07 Å². The van der Waals surface area contributed by atoms with E-state index in [0.29, 0.717) is 6.42 Å². The van der Waals surface area contributed by atoms with Gasteiger partial charge in [-0.3, -0.25) is 4.79 Å². The van der Waals surface area contributed by atoms with Crippen molar-refractivity contribution in [2.45, 2.75) is 37.3 Å². The molecule has 116 valence electrons. The second-order valence-corrected chi connectivity index (χ2v) is 5.40. The van der Waals surface area contributed by atoms with Crippen LogP contribution in [-0.2, 0) is 10.3 Å². The number of halogens is 4. The Morgan fingerprint density at radius 3 is 2.67 bits per heavy atom. The molecule has 0 amide bonds. The monoisotopic (exact) mass is 323 g/mol. The van der Waals surface area contributed by atoms with Crippen LogP contribution in [0.3, 0.4) is 0 Å². The SMILES string of the molecule is NC1(c2cc(Cl)cc(OC(F)(F)F)c2)CCCC(O)C1=O. The highest BCUT2D eigenvalue weighted by molar-refractivity contribution is 6.30. The Labute approximate surface area is 123 Å². The van der Waals surface area contributed by atoms with Crippen LogP contribution in [0.5, 0.6) is 5.75 Å². The molecule has 0 spiro atoms. The minimum Gasteiger partial charge on any atom is -0.406 e. The molecular weight excluding hydrogens is 311 g/mol. The standard InChI is InChI=1S/C13H13ClF3NO3/c14-8-4-7(5-9(6-8)21-13(15,16)17)12(18)3-1-2-10(19)11(12)20/h4-6,10,19H,1-3,18H2. The minimum atomic E-state index is -4.88. The average molecular weight is 324 g/mol. The summed E-state index contributed by atoms with van der Waals surface area (Å²) in [5, 5.41) is 9.59. The predicted octanol–water partition coefficient (Wildman–Crippen LogP) is 2.51. The Morgan fingerprint density at radius 2 is 2.05 bits per heavy atom. The van der Waals surface area contributed by atoms with E-state index < -0.39 is 29.5 Å². The summed E-state index contributed by atoms with van der Waals surface area (Å²) in [6.45, 7) is 0. The van der Waals surface area contributed by atoms with E-state index in [-0.39, 0.29) is 23.4 Å². The minimum absolute atomic E-state index is 0.0376. The highest BCUT2D eigenvalue weighted by atomic mass is 35.5. The highest BCUT2D eigenvalue weighted by Crippen LogP contribution is 2.36. The fraction of sp³-hybridized carbons (Fsp3) is 0.462. The van der Waals surface area contributed by atoms with Crippen molar-refractivity contribution in [3.8, 4) is 5.75 Å². The zero-order valence-electron chi connectivity index (χ0n) is 10.8. The molecule has 0 saturated heterocycles. The summed E-state index contributed by atoms with van der Waals surface area (Å²) in [7, 11) is 0. The summed E-state index contributed by atoms with van der Waals surface area (Å²) in [5.74, 6) is -1.18. The third kappa shape index (κ3) is 3.48. The molecule has 1 aliphatic rings. The van der Waals surface area contributed by atoms with Crippen molar-refractivity contribution < 1.29 is 27.8 Å². The molecule has 21 heavy (non-hydrogen) atoms. The van der Waals surface area contributed by atoms with E-state index in [9.17, 15) is 23.1 Å². The Bertz CT molecular complexity index is 564. The van der Waals surface area contributed by atoms with Gasteiger partial charge in [0, 0.05) is 5.02 Å². The Balaban J connectivity index is 2.41. The number of Topliss-reactive ketones (excluding diaryl/α,β-unsaturated/α-hetero) is 1. The lowest BCUT2D eigenvalue weighted by atomic mass is 9.75. The predicted molar refractivity (Wildman–Crippen MR) is 68.9 cm³/mol. The van der Waals surface area contributed by atoms with Crippen LogP contribution in [0, 0.1) is 0 Å². The van der Waals surface area contributed by atoms with Gasteiger partial charge in [0.1, 0.15) is 17.4 Å². The molecule has 1 aliphatic carbocycles. The highest BCUT2D eigenvalue weighted by Gasteiger charge is 2.43. The molecule has 1 aromatic carbocycles. The van der Waals surface area contributed by atoms with Gasteiger partial charge >= 0.3 is 6.36 Å². The number of carbonyl (C=O) groups is 1. The van der Waals surface area contributed by atoms with Crippen molar-refractivity contribution in [3.63, 3.8) is 0 Å². The van der Waals surface area contributed by atoms with Gasteiger partial charge in [0.15, 0.2) is 5.78 Å². The van der Waals surface area contributed by atoms with Gasteiger partial charge in [-0.1, -0.05) is 11.6 Å². The molecule has 2 atom stereocenters. The fourth-order valence-corrected chi connectivity index (χ4v) is 2.65. The second kappa shape index (κ2) is 5.47. The molecule has 4 nitrogen and oxygen atoms in total. The number of hydrogen-bond acceptors (Lipinski definition) is 4. The van der Waals surface area contributed by atoms with Gasteiger partial charge in [-0.25, -0.2) is 0 Å². The van der Waals surface area contributed by atoms with E-state index in [1.807, 2.05) is 0 Å². The summed E-state index contributed by atoms with van der Waals surface area (Å²) < 4.78 is 40.6. The lowest BCUT2D eigenvalue weighted by molar-refractivity contribution is -0.274. The molecule has 1 fully saturated rings. The van der Waals surface area contributed by atoms with Gasteiger partial charge in [-0.2, -0.15) is 0 Å².